The van der Waals surface area contributed by atoms with Crippen molar-refractivity contribution in [3.05, 3.63) is 34.9 Å². The number of carbonyl (C=O) groups excluding carboxylic acids is 1. The van der Waals surface area contributed by atoms with Gasteiger partial charge in [0, 0.05) is 5.56 Å². The van der Waals surface area contributed by atoms with Crippen LogP contribution in [0.25, 0.3) is 0 Å². The lowest BCUT2D eigenvalue weighted by Gasteiger charge is -2.02. The Hall–Kier alpha value is -1.33. The average Bonchev–Trinajstić information content (AvgIpc) is 2.08. The molecule has 0 spiro atoms. The van der Waals surface area contributed by atoms with E-state index in [0.717, 1.165) is 5.56 Å². The molecule has 13 heavy (non-hydrogen) atoms. The van der Waals surface area contributed by atoms with Crippen molar-refractivity contribution >= 4 is 16.8 Å². The zero-order valence-corrected chi connectivity index (χ0v) is 7.93. The number of hydrogen-bond acceptors (Lipinski definition) is 2. The zero-order chi connectivity index (χ0) is 9.84. The Morgan fingerprint density at radius 1 is 1.62 bits per heavy atom. The van der Waals surface area contributed by atoms with Gasteiger partial charge in [-0.05, 0) is 30.2 Å². The molecule has 0 atom stereocenters. The summed E-state index contributed by atoms with van der Waals surface area (Å²) in [5.41, 5.74) is 2.09. The highest BCUT2D eigenvalue weighted by molar-refractivity contribution is 6.67. The Kier molecular flexibility index (Phi) is 3.05. The van der Waals surface area contributed by atoms with Crippen molar-refractivity contribution in [1.82, 2.24) is 0 Å². The summed E-state index contributed by atoms with van der Waals surface area (Å²) in [7, 11) is 0. The second kappa shape index (κ2) is 4.06. The van der Waals surface area contributed by atoms with Gasteiger partial charge in [0.2, 0.25) is 0 Å². The maximum atomic E-state index is 10.9. The third kappa shape index (κ3) is 2.30. The van der Waals surface area contributed by atoms with Crippen LogP contribution in [-0.2, 0) is 6.42 Å². The first-order valence-electron chi connectivity index (χ1n) is 3.81. The predicted molar refractivity (Wildman–Crippen MR) is 50.7 cm³/mol. The van der Waals surface area contributed by atoms with Crippen LogP contribution < -0.4 is 0 Å². The second-order valence-corrected chi connectivity index (χ2v) is 3.11. The first-order chi connectivity index (χ1) is 6.15. The molecule has 0 unspecified atom stereocenters. The minimum Gasteiger partial charge on any atom is -0.276 e. The van der Waals surface area contributed by atoms with E-state index in [2.05, 4.69) is 0 Å². The number of hydrogen-bond donors (Lipinski definition) is 0. The molecule has 66 valence electrons. The molecule has 2 nitrogen and oxygen atoms in total. The van der Waals surface area contributed by atoms with Gasteiger partial charge in [-0.15, -0.1) is 0 Å². The van der Waals surface area contributed by atoms with E-state index >= 15 is 0 Å². The van der Waals surface area contributed by atoms with Crippen LogP contribution in [0.4, 0.5) is 0 Å². The van der Waals surface area contributed by atoms with Gasteiger partial charge < -0.3 is 0 Å². The summed E-state index contributed by atoms with van der Waals surface area (Å²) < 4.78 is 0. The van der Waals surface area contributed by atoms with E-state index in [1.807, 2.05) is 19.1 Å². The summed E-state index contributed by atoms with van der Waals surface area (Å²) in [6.45, 7) is 1.87. The van der Waals surface area contributed by atoms with E-state index in [-0.39, 0.29) is 6.42 Å². The van der Waals surface area contributed by atoms with Crippen LogP contribution in [0, 0.1) is 18.3 Å². The van der Waals surface area contributed by atoms with Crippen LogP contribution >= 0.6 is 11.6 Å². The largest absolute Gasteiger partial charge is 0.276 e. The molecule has 0 aliphatic carbocycles. The fraction of sp³-hybridized carbons (Fsp3) is 0.200. The first kappa shape index (κ1) is 9.76. The van der Waals surface area contributed by atoms with Gasteiger partial charge in [0.1, 0.15) is 0 Å². The number of rotatable bonds is 2. The summed E-state index contributed by atoms with van der Waals surface area (Å²) in [5.74, 6) is 0. The van der Waals surface area contributed by atoms with Gasteiger partial charge in [0.05, 0.1) is 12.5 Å². The number of nitrogens with zero attached hydrogens (tertiary/aromatic N) is 1. The molecule has 3 heteroatoms. The van der Waals surface area contributed by atoms with E-state index < -0.39 is 5.24 Å². The molecule has 1 rings (SSSR count). The van der Waals surface area contributed by atoms with Crippen molar-refractivity contribution in [3.63, 3.8) is 0 Å². The molecule has 0 radical (unpaired) electrons. The SMILES string of the molecule is Cc1ccc(CC#N)c(C(=O)Cl)c1. The minimum absolute atomic E-state index is 0.216. The Morgan fingerprint density at radius 2 is 2.31 bits per heavy atom. The molecule has 0 saturated carbocycles. The van der Waals surface area contributed by atoms with E-state index in [0.29, 0.717) is 11.1 Å². The molecule has 1 aromatic carbocycles. The van der Waals surface area contributed by atoms with Crippen LogP contribution in [0.5, 0.6) is 0 Å². The maximum Gasteiger partial charge on any atom is 0.252 e. The third-order valence-corrected chi connectivity index (χ3v) is 1.95. The standard InChI is InChI=1S/C10H8ClNO/c1-7-2-3-8(4-5-12)9(6-7)10(11)13/h2-3,6H,4H2,1H3. The van der Waals surface area contributed by atoms with Crippen molar-refractivity contribution in [2.24, 2.45) is 0 Å². The van der Waals surface area contributed by atoms with Crippen LogP contribution in [0.3, 0.4) is 0 Å². The Morgan fingerprint density at radius 3 is 2.85 bits per heavy atom. The molecule has 0 N–H and O–H groups in total. The second-order valence-electron chi connectivity index (χ2n) is 2.77. The molecule has 0 amide bonds. The van der Waals surface area contributed by atoms with Crippen LogP contribution in [-0.4, -0.2) is 5.24 Å². The third-order valence-electron chi connectivity index (χ3n) is 1.75. The van der Waals surface area contributed by atoms with E-state index in [4.69, 9.17) is 16.9 Å². The quantitative estimate of drug-likeness (QED) is 0.677. The topological polar surface area (TPSA) is 40.9 Å². The number of benzene rings is 1. The van der Waals surface area contributed by atoms with Gasteiger partial charge in [-0.3, -0.25) is 4.79 Å². The molecule has 0 heterocycles. The summed E-state index contributed by atoms with van der Waals surface area (Å²) in [4.78, 5) is 10.9. The Bertz CT molecular complexity index is 379. The van der Waals surface area contributed by atoms with Crippen molar-refractivity contribution in [3.8, 4) is 6.07 Å². The molecular weight excluding hydrogens is 186 g/mol. The van der Waals surface area contributed by atoms with Crippen molar-refractivity contribution in [1.29, 1.82) is 5.26 Å². The summed E-state index contributed by atoms with van der Waals surface area (Å²) >= 11 is 5.37. The molecule has 0 saturated heterocycles. The zero-order valence-electron chi connectivity index (χ0n) is 7.17. The molecule has 0 bridgehead atoms. The number of aryl methyl sites for hydroxylation is 1. The fourth-order valence-corrected chi connectivity index (χ4v) is 1.29. The van der Waals surface area contributed by atoms with E-state index in [9.17, 15) is 4.79 Å². The van der Waals surface area contributed by atoms with E-state index in [1.165, 1.54) is 0 Å². The van der Waals surface area contributed by atoms with Crippen LogP contribution in [0.2, 0.25) is 0 Å². The fourth-order valence-electron chi connectivity index (χ4n) is 1.11. The van der Waals surface area contributed by atoms with Crippen LogP contribution in [0.15, 0.2) is 18.2 Å². The van der Waals surface area contributed by atoms with Gasteiger partial charge in [0.25, 0.3) is 5.24 Å². The Labute approximate surface area is 81.7 Å². The summed E-state index contributed by atoms with van der Waals surface area (Å²) in [5, 5.41) is 7.99. The monoisotopic (exact) mass is 193 g/mol. The normalized spacial score (nSPS) is 9.31. The number of nitriles is 1. The molecule has 0 aromatic heterocycles. The van der Waals surface area contributed by atoms with E-state index in [1.54, 1.807) is 12.1 Å². The maximum absolute atomic E-state index is 10.9. The highest BCUT2D eigenvalue weighted by Gasteiger charge is 2.08. The molecule has 0 fully saturated rings. The lowest BCUT2D eigenvalue weighted by atomic mass is 10.0. The average molecular weight is 194 g/mol. The van der Waals surface area contributed by atoms with Gasteiger partial charge in [-0.1, -0.05) is 17.7 Å². The van der Waals surface area contributed by atoms with Crippen molar-refractivity contribution in [2.75, 3.05) is 0 Å². The summed E-state index contributed by atoms with van der Waals surface area (Å²) in [6, 6.07) is 7.30. The summed E-state index contributed by atoms with van der Waals surface area (Å²) in [6.07, 6.45) is 0.216. The smallest absolute Gasteiger partial charge is 0.252 e. The van der Waals surface area contributed by atoms with Gasteiger partial charge in [0.15, 0.2) is 0 Å². The van der Waals surface area contributed by atoms with Gasteiger partial charge in [-0.25, -0.2) is 0 Å². The van der Waals surface area contributed by atoms with Gasteiger partial charge in [-0.2, -0.15) is 5.26 Å². The number of carbonyl (C=O) groups is 1. The lowest BCUT2D eigenvalue weighted by Crippen LogP contribution is -1.97. The molecule has 0 aliphatic rings. The van der Waals surface area contributed by atoms with Crippen LogP contribution in [0.1, 0.15) is 21.5 Å². The van der Waals surface area contributed by atoms with Crippen molar-refractivity contribution < 1.29 is 4.79 Å². The first-order valence-corrected chi connectivity index (χ1v) is 4.19. The predicted octanol–water partition coefficient (Wildman–Crippen LogP) is 2.44. The number of halogens is 1. The highest BCUT2D eigenvalue weighted by Crippen LogP contribution is 2.14. The molecular formula is C10H8ClNO. The highest BCUT2D eigenvalue weighted by atomic mass is 35.5. The van der Waals surface area contributed by atoms with Crippen molar-refractivity contribution in [2.45, 2.75) is 13.3 Å². The molecule has 0 aliphatic heterocycles. The Balaban J connectivity index is 3.20. The van der Waals surface area contributed by atoms with Gasteiger partial charge >= 0.3 is 0 Å². The lowest BCUT2D eigenvalue weighted by molar-refractivity contribution is 0.108. The molecule has 1 aromatic rings. The minimum atomic E-state index is -0.506.